The van der Waals surface area contributed by atoms with Crippen molar-refractivity contribution in [1.82, 2.24) is 9.80 Å². The van der Waals surface area contributed by atoms with Crippen molar-refractivity contribution in [3.8, 4) is 5.75 Å². The van der Waals surface area contributed by atoms with Crippen LogP contribution in [0.15, 0.2) is 48.5 Å². The van der Waals surface area contributed by atoms with Crippen molar-refractivity contribution < 1.29 is 14.5 Å². The molecule has 0 saturated carbocycles. The smallest absolute Gasteiger partial charge is 0.273 e. The molecule has 1 saturated heterocycles. The number of nitrogens with zero attached hydrogens (tertiary/aromatic N) is 3. The minimum absolute atomic E-state index is 0.0680. The lowest BCUT2D eigenvalue weighted by Gasteiger charge is -2.33. The molecule has 1 heterocycles. The molecule has 33 heavy (non-hydrogen) atoms. The SMILES string of the molecule is COc1ccccc1[C@@H]1CN(Cc2ccccc2[N+](=O)[O-])C[C@H]1CN(C(=O)C(C)C)C(C)C. The Balaban J connectivity index is 1.91. The van der Waals surface area contributed by atoms with Crippen LogP contribution in [-0.4, -0.2) is 53.4 Å². The summed E-state index contributed by atoms with van der Waals surface area (Å²) in [6.45, 7) is 10.6. The molecule has 1 amide bonds. The number of hydrogen-bond donors (Lipinski definition) is 0. The van der Waals surface area contributed by atoms with Gasteiger partial charge in [-0.15, -0.1) is 0 Å². The van der Waals surface area contributed by atoms with E-state index in [-0.39, 0.29) is 40.3 Å². The Morgan fingerprint density at radius 2 is 1.79 bits per heavy atom. The second kappa shape index (κ2) is 10.8. The second-order valence-electron chi connectivity index (χ2n) is 9.43. The Bertz CT molecular complexity index is 976. The van der Waals surface area contributed by atoms with Crippen LogP contribution in [0.5, 0.6) is 5.75 Å². The number of carbonyl (C=O) groups excluding carboxylic acids is 1. The van der Waals surface area contributed by atoms with Crippen molar-refractivity contribution >= 4 is 11.6 Å². The Hall–Kier alpha value is -2.93. The minimum Gasteiger partial charge on any atom is -0.496 e. The highest BCUT2D eigenvalue weighted by Crippen LogP contribution is 2.39. The number of nitro benzene ring substituents is 1. The third kappa shape index (κ3) is 5.71. The number of likely N-dealkylation sites (tertiary alicyclic amines) is 1. The first kappa shape index (κ1) is 24.7. The molecule has 7 heteroatoms. The molecular formula is C26H35N3O4. The molecular weight excluding hydrogens is 418 g/mol. The molecule has 0 aromatic heterocycles. The Labute approximate surface area is 196 Å². The van der Waals surface area contributed by atoms with Gasteiger partial charge in [0.2, 0.25) is 5.91 Å². The first-order valence-corrected chi connectivity index (χ1v) is 11.6. The predicted molar refractivity (Wildman–Crippen MR) is 129 cm³/mol. The number of benzene rings is 2. The molecule has 1 aliphatic heterocycles. The number of carbonyl (C=O) groups is 1. The topological polar surface area (TPSA) is 75.9 Å². The Morgan fingerprint density at radius 3 is 2.42 bits per heavy atom. The molecule has 2 aromatic carbocycles. The summed E-state index contributed by atoms with van der Waals surface area (Å²) in [4.78, 5) is 28.4. The quantitative estimate of drug-likeness (QED) is 0.406. The molecule has 0 unspecified atom stereocenters. The van der Waals surface area contributed by atoms with Gasteiger partial charge in [-0.3, -0.25) is 19.8 Å². The summed E-state index contributed by atoms with van der Waals surface area (Å²) in [6.07, 6.45) is 0. The molecule has 7 nitrogen and oxygen atoms in total. The molecule has 0 aliphatic carbocycles. The molecule has 0 N–H and O–H groups in total. The zero-order valence-electron chi connectivity index (χ0n) is 20.2. The van der Waals surface area contributed by atoms with Gasteiger partial charge in [0, 0.05) is 55.7 Å². The largest absolute Gasteiger partial charge is 0.496 e. The highest BCUT2D eigenvalue weighted by atomic mass is 16.6. The summed E-state index contributed by atoms with van der Waals surface area (Å²) in [5.41, 5.74) is 1.98. The van der Waals surface area contributed by atoms with Crippen LogP contribution in [0.2, 0.25) is 0 Å². The molecule has 1 aliphatic rings. The lowest BCUT2D eigenvalue weighted by atomic mass is 9.87. The highest BCUT2D eigenvalue weighted by molar-refractivity contribution is 5.78. The molecule has 0 radical (unpaired) electrons. The summed E-state index contributed by atoms with van der Waals surface area (Å²) in [5, 5.41) is 11.5. The number of hydrogen-bond acceptors (Lipinski definition) is 5. The summed E-state index contributed by atoms with van der Waals surface area (Å²) >= 11 is 0. The fraction of sp³-hybridized carbons (Fsp3) is 0.500. The number of methoxy groups -OCH3 is 1. The second-order valence-corrected chi connectivity index (χ2v) is 9.43. The third-order valence-electron chi connectivity index (χ3n) is 6.47. The van der Waals surface area contributed by atoms with Gasteiger partial charge in [0.15, 0.2) is 0 Å². The monoisotopic (exact) mass is 453 g/mol. The fourth-order valence-electron chi connectivity index (χ4n) is 4.80. The van der Waals surface area contributed by atoms with Crippen LogP contribution in [0, 0.1) is 22.0 Å². The zero-order valence-corrected chi connectivity index (χ0v) is 20.2. The van der Waals surface area contributed by atoms with Gasteiger partial charge >= 0.3 is 0 Å². The normalized spacial score (nSPS) is 18.6. The van der Waals surface area contributed by atoms with E-state index in [1.807, 2.05) is 49.1 Å². The average Bonchev–Trinajstić information content (AvgIpc) is 3.18. The lowest BCUT2D eigenvalue weighted by Crippen LogP contribution is -2.43. The van der Waals surface area contributed by atoms with E-state index >= 15 is 0 Å². The van der Waals surface area contributed by atoms with Crippen LogP contribution in [0.1, 0.15) is 44.7 Å². The van der Waals surface area contributed by atoms with Crippen LogP contribution in [0.25, 0.3) is 0 Å². The summed E-state index contributed by atoms with van der Waals surface area (Å²) in [6, 6.07) is 15.1. The van der Waals surface area contributed by atoms with Crippen LogP contribution in [-0.2, 0) is 11.3 Å². The molecule has 2 aromatic rings. The van der Waals surface area contributed by atoms with Crippen molar-refractivity contribution in [3.05, 3.63) is 69.8 Å². The Morgan fingerprint density at radius 1 is 1.12 bits per heavy atom. The van der Waals surface area contributed by atoms with Gasteiger partial charge in [0.25, 0.3) is 5.69 Å². The van der Waals surface area contributed by atoms with Gasteiger partial charge in [-0.25, -0.2) is 0 Å². The van der Waals surface area contributed by atoms with E-state index in [1.165, 1.54) is 0 Å². The van der Waals surface area contributed by atoms with Crippen molar-refractivity contribution in [2.24, 2.45) is 11.8 Å². The van der Waals surface area contributed by atoms with Gasteiger partial charge in [0.1, 0.15) is 5.75 Å². The van der Waals surface area contributed by atoms with Crippen molar-refractivity contribution in [2.75, 3.05) is 26.7 Å². The van der Waals surface area contributed by atoms with Gasteiger partial charge in [0.05, 0.1) is 12.0 Å². The lowest BCUT2D eigenvalue weighted by molar-refractivity contribution is -0.385. The highest BCUT2D eigenvalue weighted by Gasteiger charge is 2.38. The molecule has 2 atom stereocenters. The Kier molecular flexibility index (Phi) is 8.08. The summed E-state index contributed by atoms with van der Waals surface area (Å²) < 4.78 is 5.66. The number of para-hydroxylation sites is 2. The van der Waals surface area contributed by atoms with Crippen molar-refractivity contribution in [1.29, 1.82) is 0 Å². The molecule has 178 valence electrons. The fourth-order valence-corrected chi connectivity index (χ4v) is 4.80. The summed E-state index contributed by atoms with van der Waals surface area (Å²) in [7, 11) is 1.68. The van der Waals surface area contributed by atoms with Crippen LogP contribution >= 0.6 is 0 Å². The molecule has 0 bridgehead atoms. The number of ether oxygens (including phenoxy) is 1. The average molecular weight is 454 g/mol. The van der Waals surface area contributed by atoms with Crippen LogP contribution in [0.3, 0.4) is 0 Å². The van der Waals surface area contributed by atoms with E-state index < -0.39 is 0 Å². The van der Waals surface area contributed by atoms with Gasteiger partial charge in [-0.2, -0.15) is 0 Å². The van der Waals surface area contributed by atoms with E-state index in [2.05, 4.69) is 24.8 Å². The molecule has 3 rings (SSSR count). The molecule has 0 spiro atoms. The first-order chi connectivity index (χ1) is 15.7. The predicted octanol–water partition coefficient (Wildman–Crippen LogP) is 4.71. The summed E-state index contributed by atoms with van der Waals surface area (Å²) in [5.74, 6) is 1.27. The maximum Gasteiger partial charge on any atom is 0.273 e. The van der Waals surface area contributed by atoms with E-state index in [1.54, 1.807) is 19.2 Å². The minimum atomic E-state index is -0.317. The number of nitro groups is 1. The van der Waals surface area contributed by atoms with E-state index in [4.69, 9.17) is 4.74 Å². The number of amides is 1. The van der Waals surface area contributed by atoms with Crippen LogP contribution in [0.4, 0.5) is 5.69 Å². The van der Waals surface area contributed by atoms with E-state index in [0.717, 1.165) is 24.4 Å². The standard InChI is InChI=1S/C26H35N3O4/c1-18(2)26(30)28(19(3)4)16-21-15-27(14-20-10-6-8-12-24(20)29(31)32)17-23(21)22-11-7-9-13-25(22)33-5/h6-13,18-19,21,23H,14-17H2,1-5H3/t21-,23+/m0/s1. The van der Waals surface area contributed by atoms with E-state index in [0.29, 0.717) is 18.7 Å². The maximum atomic E-state index is 12.9. The van der Waals surface area contributed by atoms with Gasteiger partial charge < -0.3 is 9.64 Å². The van der Waals surface area contributed by atoms with Crippen molar-refractivity contribution in [3.63, 3.8) is 0 Å². The van der Waals surface area contributed by atoms with Gasteiger partial charge in [-0.05, 0) is 31.4 Å². The van der Waals surface area contributed by atoms with Crippen molar-refractivity contribution in [2.45, 2.75) is 46.2 Å². The third-order valence-corrected chi connectivity index (χ3v) is 6.47. The molecule has 1 fully saturated rings. The number of rotatable bonds is 9. The first-order valence-electron chi connectivity index (χ1n) is 11.6. The zero-order chi connectivity index (χ0) is 24.1. The van der Waals surface area contributed by atoms with Gasteiger partial charge in [-0.1, -0.05) is 50.2 Å². The maximum absolute atomic E-state index is 12.9. The van der Waals surface area contributed by atoms with E-state index in [9.17, 15) is 14.9 Å². The van der Waals surface area contributed by atoms with Crippen LogP contribution < -0.4 is 4.74 Å².